The van der Waals surface area contributed by atoms with Crippen molar-refractivity contribution in [2.75, 3.05) is 13.7 Å². The fourth-order valence-corrected chi connectivity index (χ4v) is 1.85. The molecule has 0 saturated heterocycles. The Balaban J connectivity index is 2.18. The molecule has 0 N–H and O–H groups in total. The van der Waals surface area contributed by atoms with Gasteiger partial charge in [0.15, 0.2) is 12.4 Å². The van der Waals surface area contributed by atoms with E-state index in [1.54, 1.807) is 24.3 Å². The van der Waals surface area contributed by atoms with Gasteiger partial charge in [-0.2, -0.15) is 0 Å². The Morgan fingerprint density at radius 2 is 1.95 bits per heavy atom. The number of ether oxygens (including phenoxy) is 2. The van der Waals surface area contributed by atoms with E-state index in [9.17, 15) is 19.3 Å². The second-order valence-electron chi connectivity index (χ2n) is 4.28. The van der Waals surface area contributed by atoms with E-state index in [-0.39, 0.29) is 11.3 Å². The van der Waals surface area contributed by atoms with Crippen molar-refractivity contribution >= 4 is 11.5 Å². The number of nitrogens with zero attached hydrogens (tertiary/aromatic N) is 1. The van der Waals surface area contributed by atoms with Crippen molar-refractivity contribution in [3.8, 4) is 11.5 Å². The quantitative estimate of drug-likeness (QED) is 0.465. The lowest BCUT2D eigenvalue weighted by atomic mass is 10.1. The van der Waals surface area contributed by atoms with Gasteiger partial charge >= 0.3 is 5.69 Å². The first kappa shape index (κ1) is 15.4. The maximum atomic E-state index is 13.2. The molecule has 0 aromatic heterocycles. The predicted octanol–water partition coefficient (Wildman–Crippen LogP) is 3.00. The number of carbonyl (C=O) groups is 1. The number of hydrogen-bond donors (Lipinski definition) is 0. The number of methoxy groups -OCH3 is 1. The fourth-order valence-electron chi connectivity index (χ4n) is 1.85. The number of nitro benzene ring substituents is 1. The van der Waals surface area contributed by atoms with Crippen LogP contribution in [0, 0.1) is 15.9 Å². The number of Topliss-reactive ketones (excluding diaryl/α,β-unsaturated/α-hetero) is 1. The van der Waals surface area contributed by atoms with E-state index in [0.717, 1.165) is 18.2 Å². The number of hydrogen-bond acceptors (Lipinski definition) is 5. The van der Waals surface area contributed by atoms with Gasteiger partial charge in [-0.05, 0) is 18.2 Å². The smallest absolute Gasteiger partial charge is 0.311 e. The molecule has 0 bridgehead atoms. The molecule has 0 fully saturated rings. The van der Waals surface area contributed by atoms with Crippen LogP contribution in [0.25, 0.3) is 0 Å². The van der Waals surface area contributed by atoms with Gasteiger partial charge in [0.2, 0.25) is 5.78 Å². The van der Waals surface area contributed by atoms with Crippen molar-refractivity contribution in [2.45, 2.75) is 0 Å². The Kier molecular flexibility index (Phi) is 4.67. The van der Waals surface area contributed by atoms with Crippen molar-refractivity contribution < 1.29 is 23.6 Å². The largest absolute Gasteiger partial charge is 0.496 e. The Morgan fingerprint density at radius 3 is 2.64 bits per heavy atom. The van der Waals surface area contributed by atoms with Crippen LogP contribution in [0.4, 0.5) is 10.1 Å². The molecule has 2 rings (SSSR count). The van der Waals surface area contributed by atoms with Crippen LogP contribution in [0.15, 0.2) is 42.5 Å². The summed E-state index contributed by atoms with van der Waals surface area (Å²) in [5.74, 6) is -1.06. The molecule has 0 saturated carbocycles. The zero-order valence-corrected chi connectivity index (χ0v) is 11.6. The highest BCUT2D eigenvalue weighted by atomic mass is 19.1. The van der Waals surface area contributed by atoms with E-state index in [0.29, 0.717) is 5.75 Å². The molecular formula is C15H12FNO5. The maximum Gasteiger partial charge on any atom is 0.311 e. The number of para-hydroxylation sites is 1. The van der Waals surface area contributed by atoms with Gasteiger partial charge in [0.05, 0.1) is 17.6 Å². The van der Waals surface area contributed by atoms with Crippen LogP contribution in [0.2, 0.25) is 0 Å². The minimum absolute atomic E-state index is 0.282. The number of carbonyl (C=O) groups excluding carboxylic acids is 1. The lowest BCUT2D eigenvalue weighted by Gasteiger charge is -2.09. The summed E-state index contributed by atoms with van der Waals surface area (Å²) < 4.78 is 23.3. The second-order valence-corrected chi connectivity index (χ2v) is 4.28. The van der Waals surface area contributed by atoms with Gasteiger partial charge in [0.1, 0.15) is 11.6 Å². The molecule has 114 valence electrons. The second kappa shape index (κ2) is 6.66. The molecule has 0 amide bonds. The Hall–Kier alpha value is -2.96. The molecule has 7 heteroatoms. The number of halogens is 1. The minimum atomic E-state index is -0.706. The van der Waals surface area contributed by atoms with Gasteiger partial charge in [0, 0.05) is 12.1 Å². The van der Waals surface area contributed by atoms with E-state index in [2.05, 4.69) is 0 Å². The van der Waals surface area contributed by atoms with Crippen molar-refractivity contribution in [3.63, 3.8) is 0 Å². The van der Waals surface area contributed by atoms with E-state index in [1.165, 1.54) is 7.11 Å². The summed E-state index contributed by atoms with van der Waals surface area (Å²) in [5, 5.41) is 10.8. The Morgan fingerprint density at radius 1 is 1.23 bits per heavy atom. The summed E-state index contributed by atoms with van der Waals surface area (Å²) in [5.41, 5.74) is -0.127. The van der Waals surface area contributed by atoms with Crippen LogP contribution in [-0.2, 0) is 0 Å². The minimum Gasteiger partial charge on any atom is -0.496 e. The summed E-state index contributed by atoms with van der Waals surface area (Å²) in [4.78, 5) is 22.2. The SMILES string of the molecule is COc1ccccc1C(=O)COc1cc(F)ccc1[N+](=O)[O-]. The average molecular weight is 305 g/mol. The normalized spacial score (nSPS) is 10.1. The van der Waals surface area contributed by atoms with E-state index in [1.807, 2.05) is 0 Å². The third kappa shape index (κ3) is 3.38. The lowest BCUT2D eigenvalue weighted by Crippen LogP contribution is -2.13. The van der Waals surface area contributed by atoms with Crippen LogP contribution >= 0.6 is 0 Å². The molecule has 22 heavy (non-hydrogen) atoms. The Labute approximate surface area is 125 Å². The predicted molar refractivity (Wildman–Crippen MR) is 75.9 cm³/mol. The van der Waals surface area contributed by atoms with Gasteiger partial charge in [-0.1, -0.05) is 12.1 Å². The lowest BCUT2D eigenvalue weighted by molar-refractivity contribution is -0.385. The first-order chi connectivity index (χ1) is 10.5. The summed E-state index contributed by atoms with van der Waals surface area (Å²) in [6, 6.07) is 9.32. The number of nitro groups is 1. The molecule has 0 radical (unpaired) electrons. The average Bonchev–Trinajstić information content (AvgIpc) is 2.52. The van der Waals surface area contributed by atoms with Crippen molar-refractivity contribution in [1.29, 1.82) is 0 Å². The summed E-state index contributed by atoms with van der Waals surface area (Å²) in [6.45, 7) is -0.468. The first-order valence-corrected chi connectivity index (χ1v) is 6.26. The van der Waals surface area contributed by atoms with Crippen LogP contribution < -0.4 is 9.47 Å². The highest BCUT2D eigenvalue weighted by molar-refractivity contribution is 5.99. The highest BCUT2D eigenvalue weighted by Crippen LogP contribution is 2.28. The molecule has 0 aliphatic rings. The zero-order valence-electron chi connectivity index (χ0n) is 11.6. The van der Waals surface area contributed by atoms with Gasteiger partial charge in [-0.3, -0.25) is 14.9 Å². The number of benzene rings is 2. The van der Waals surface area contributed by atoms with Gasteiger partial charge in [0.25, 0.3) is 0 Å². The standard InChI is InChI=1S/C15H12FNO5/c1-21-14-5-3-2-4-11(14)13(18)9-22-15-8-10(16)6-7-12(15)17(19)20/h2-8H,9H2,1H3. The highest BCUT2D eigenvalue weighted by Gasteiger charge is 2.18. The van der Waals surface area contributed by atoms with E-state index in [4.69, 9.17) is 9.47 Å². The first-order valence-electron chi connectivity index (χ1n) is 6.26. The van der Waals surface area contributed by atoms with E-state index >= 15 is 0 Å². The molecule has 0 spiro atoms. The number of rotatable bonds is 6. The third-order valence-electron chi connectivity index (χ3n) is 2.88. The molecular weight excluding hydrogens is 293 g/mol. The zero-order chi connectivity index (χ0) is 16.1. The molecule has 0 unspecified atom stereocenters. The van der Waals surface area contributed by atoms with Gasteiger partial charge in [-0.25, -0.2) is 4.39 Å². The molecule has 0 aliphatic heterocycles. The van der Waals surface area contributed by atoms with Crippen LogP contribution in [0.3, 0.4) is 0 Å². The third-order valence-corrected chi connectivity index (χ3v) is 2.88. The van der Waals surface area contributed by atoms with Gasteiger partial charge < -0.3 is 9.47 Å². The summed E-state index contributed by atoms with van der Waals surface area (Å²) in [7, 11) is 1.42. The van der Waals surface area contributed by atoms with E-state index < -0.39 is 28.8 Å². The molecule has 2 aromatic rings. The number of ketones is 1. The molecule has 0 atom stereocenters. The molecule has 0 heterocycles. The fraction of sp³-hybridized carbons (Fsp3) is 0.133. The monoisotopic (exact) mass is 305 g/mol. The maximum absolute atomic E-state index is 13.2. The summed E-state index contributed by atoms with van der Waals surface area (Å²) in [6.07, 6.45) is 0. The van der Waals surface area contributed by atoms with Crippen LogP contribution in [0.1, 0.15) is 10.4 Å². The van der Waals surface area contributed by atoms with Crippen molar-refractivity contribution in [2.24, 2.45) is 0 Å². The summed E-state index contributed by atoms with van der Waals surface area (Å²) >= 11 is 0. The van der Waals surface area contributed by atoms with Crippen LogP contribution in [0.5, 0.6) is 11.5 Å². The van der Waals surface area contributed by atoms with Crippen LogP contribution in [-0.4, -0.2) is 24.4 Å². The molecule has 0 aliphatic carbocycles. The topological polar surface area (TPSA) is 78.7 Å². The van der Waals surface area contributed by atoms with Crippen molar-refractivity contribution in [3.05, 3.63) is 64.0 Å². The molecule has 6 nitrogen and oxygen atoms in total. The van der Waals surface area contributed by atoms with Gasteiger partial charge in [-0.15, -0.1) is 0 Å². The van der Waals surface area contributed by atoms with Crippen molar-refractivity contribution in [1.82, 2.24) is 0 Å². The Bertz CT molecular complexity index is 717. The molecule has 2 aromatic carbocycles.